The number of hydrogen-bond donors (Lipinski definition) is 0. The molecule has 0 atom stereocenters. The first kappa shape index (κ1) is 8.06. The summed E-state index contributed by atoms with van der Waals surface area (Å²) >= 11 is 0. The third-order valence-electron chi connectivity index (χ3n) is 2.17. The van der Waals surface area contributed by atoms with Gasteiger partial charge < -0.3 is 4.90 Å². The number of unbranched alkanes of at least 4 members (excludes halogenated alkanes) is 2. The standard InChI is InChI=1S/C9H18N/c1-2-3-4-7-10-8-5-6-9-10/h2H,3-9H2,1H3. The summed E-state index contributed by atoms with van der Waals surface area (Å²) in [6.07, 6.45) is 7.76. The summed E-state index contributed by atoms with van der Waals surface area (Å²) in [7, 11) is 0. The van der Waals surface area contributed by atoms with E-state index < -0.39 is 0 Å². The van der Waals surface area contributed by atoms with Crippen LogP contribution in [0.5, 0.6) is 0 Å². The lowest BCUT2D eigenvalue weighted by Gasteiger charge is -2.12. The molecule has 0 aromatic carbocycles. The van der Waals surface area contributed by atoms with Crippen LogP contribution >= 0.6 is 0 Å². The number of nitrogens with zero attached hydrogens (tertiary/aromatic N) is 1. The first-order valence-electron chi connectivity index (χ1n) is 4.43. The van der Waals surface area contributed by atoms with Gasteiger partial charge in [-0.3, -0.25) is 0 Å². The van der Waals surface area contributed by atoms with Crippen molar-refractivity contribution in [2.45, 2.75) is 32.6 Å². The van der Waals surface area contributed by atoms with Gasteiger partial charge in [0.25, 0.3) is 0 Å². The summed E-state index contributed by atoms with van der Waals surface area (Å²) in [6, 6.07) is 0. The van der Waals surface area contributed by atoms with Crippen LogP contribution in [0.2, 0.25) is 0 Å². The van der Waals surface area contributed by atoms with E-state index in [1.807, 2.05) is 0 Å². The van der Waals surface area contributed by atoms with Gasteiger partial charge in [-0.15, -0.1) is 0 Å². The highest BCUT2D eigenvalue weighted by molar-refractivity contribution is 4.67. The molecule has 0 amide bonds. The first-order valence-corrected chi connectivity index (χ1v) is 4.43. The SMILES string of the molecule is C[CH]CCCN1CCCC1. The summed E-state index contributed by atoms with van der Waals surface area (Å²) in [5.41, 5.74) is 0. The van der Waals surface area contributed by atoms with Crippen LogP contribution in [0.15, 0.2) is 0 Å². The molecule has 0 aliphatic carbocycles. The highest BCUT2D eigenvalue weighted by Gasteiger charge is 2.09. The summed E-state index contributed by atoms with van der Waals surface area (Å²) in [5, 5.41) is 0. The van der Waals surface area contributed by atoms with Gasteiger partial charge >= 0.3 is 0 Å². The van der Waals surface area contributed by atoms with Gasteiger partial charge in [0.2, 0.25) is 0 Å². The zero-order valence-electron chi connectivity index (χ0n) is 6.97. The molecular formula is C9H18N. The zero-order valence-corrected chi connectivity index (χ0v) is 6.97. The van der Waals surface area contributed by atoms with Crippen molar-refractivity contribution < 1.29 is 0 Å². The van der Waals surface area contributed by atoms with Gasteiger partial charge in [0, 0.05) is 0 Å². The number of hydrogen-bond acceptors (Lipinski definition) is 1. The summed E-state index contributed by atoms with van der Waals surface area (Å²) < 4.78 is 0. The smallest absolute Gasteiger partial charge is 0.00183 e. The Balaban J connectivity index is 1.91. The van der Waals surface area contributed by atoms with Crippen LogP contribution in [0.25, 0.3) is 0 Å². The molecule has 1 saturated heterocycles. The predicted molar refractivity (Wildman–Crippen MR) is 44.9 cm³/mol. The second kappa shape index (κ2) is 4.73. The second-order valence-electron chi connectivity index (χ2n) is 3.10. The van der Waals surface area contributed by atoms with Gasteiger partial charge in [-0.05, 0) is 51.7 Å². The van der Waals surface area contributed by atoms with Crippen molar-refractivity contribution in [1.29, 1.82) is 0 Å². The Hall–Kier alpha value is -0.0400. The van der Waals surface area contributed by atoms with Crippen molar-refractivity contribution in [1.82, 2.24) is 4.90 Å². The summed E-state index contributed by atoms with van der Waals surface area (Å²) in [6.45, 7) is 6.17. The van der Waals surface area contributed by atoms with E-state index in [9.17, 15) is 0 Å². The molecule has 0 aromatic heterocycles. The van der Waals surface area contributed by atoms with Crippen LogP contribution in [-0.2, 0) is 0 Å². The fraction of sp³-hybridized carbons (Fsp3) is 0.889. The van der Waals surface area contributed by atoms with E-state index in [2.05, 4.69) is 18.2 Å². The van der Waals surface area contributed by atoms with Crippen LogP contribution in [0.3, 0.4) is 0 Å². The van der Waals surface area contributed by atoms with E-state index in [1.165, 1.54) is 45.3 Å². The topological polar surface area (TPSA) is 3.24 Å². The third-order valence-corrected chi connectivity index (χ3v) is 2.17. The molecule has 1 fully saturated rings. The Bertz CT molecular complexity index is 74.8. The van der Waals surface area contributed by atoms with Gasteiger partial charge in [-0.1, -0.05) is 6.92 Å². The predicted octanol–water partition coefficient (Wildman–Crippen LogP) is 2.09. The number of rotatable bonds is 4. The second-order valence-corrected chi connectivity index (χ2v) is 3.10. The normalized spacial score (nSPS) is 20.1. The average molecular weight is 140 g/mol. The van der Waals surface area contributed by atoms with E-state index in [4.69, 9.17) is 0 Å². The molecule has 0 N–H and O–H groups in total. The van der Waals surface area contributed by atoms with E-state index in [0.29, 0.717) is 0 Å². The Kier molecular flexibility index (Phi) is 3.81. The molecule has 1 aliphatic rings. The van der Waals surface area contributed by atoms with E-state index in [1.54, 1.807) is 0 Å². The summed E-state index contributed by atoms with van der Waals surface area (Å²) in [4.78, 5) is 2.57. The van der Waals surface area contributed by atoms with Gasteiger partial charge in [0.15, 0.2) is 0 Å². The molecule has 0 bridgehead atoms. The van der Waals surface area contributed by atoms with Crippen molar-refractivity contribution >= 4 is 0 Å². The molecule has 1 heteroatoms. The average Bonchev–Trinajstić information content (AvgIpc) is 2.41. The largest absolute Gasteiger partial charge is 0.303 e. The van der Waals surface area contributed by atoms with Crippen molar-refractivity contribution in [3.05, 3.63) is 6.42 Å². The molecular weight excluding hydrogens is 122 g/mol. The minimum atomic E-state index is 1.29. The van der Waals surface area contributed by atoms with E-state index >= 15 is 0 Å². The maximum absolute atomic E-state index is 2.57. The Morgan fingerprint density at radius 1 is 1.30 bits per heavy atom. The molecule has 1 radical (unpaired) electrons. The van der Waals surface area contributed by atoms with Crippen LogP contribution in [0, 0.1) is 6.42 Å². The Morgan fingerprint density at radius 2 is 2.00 bits per heavy atom. The third kappa shape index (κ3) is 2.70. The maximum Gasteiger partial charge on any atom is -0.00183 e. The maximum atomic E-state index is 2.57. The molecule has 1 heterocycles. The van der Waals surface area contributed by atoms with E-state index in [-0.39, 0.29) is 0 Å². The van der Waals surface area contributed by atoms with Crippen LogP contribution in [-0.4, -0.2) is 24.5 Å². The Labute approximate surface area is 64.4 Å². The molecule has 0 saturated carbocycles. The van der Waals surface area contributed by atoms with Crippen molar-refractivity contribution in [2.75, 3.05) is 19.6 Å². The Morgan fingerprint density at radius 3 is 2.60 bits per heavy atom. The molecule has 1 rings (SSSR count). The molecule has 0 aromatic rings. The van der Waals surface area contributed by atoms with Crippen LogP contribution in [0.1, 0.15) is 32.6 Å². The first-order chi connectivity index (χ1) is 4.93. The highest BCUT2D eigenvalue weighted by Crippen LogP contribution is 2.08. The lowest BCUT2D eigenvalue weighted by atomic mass is 10.2. The minimum Gasteiger partial charge on any atom is -0.303 e. The van der Waals surface area contributed by atoms with E-state index in [0.717, 1.165) is 0 Å². The number of likely N-dealkylation sites (tertiary alicyclic amines) is 1. The van der Waals surface area contributed by atoms with Gasteiger partial charge in [-0.25, -0.2) is 0 Å². The van der Waals surface area contributed by atoms with Gasteiger partial charge in [0.1, 0.15) is 0 Å². The molecule has 0 unspecified atom stereocenters. The lowest BCUT2D eigenvalue weighted by molar-refractivity contribution is 0.333. The summed E-state index contributed by atoms with van der Waals surface area (Å²) in [5.74, 6) is 0. The van der Waals surface area contributed by atoms with Crippen molar-refractivity contribution in [3.63, 3.8) is 0 Å². The zero-order chi connectivity index (χ0) is 7.23. The van der Waals surface area contributed by atoms with Gasteiger partial charge in [0.05, 0.1) is 0 Å². The molecule has 59 valence electrons. The molecule has 1 aliphatic heterocycles. The molecule has 1 nitrogen and oxygen atoms in total. The molecule has 0 spiro atoms. The minimum absolute atomic E-state index is 1.29. The highest BCUT2D eigenvalue weighted by atomic mass is 15.1. The monoisotopic (exact) mass is 140 g/mol. The quantitative estimate of drug-likeness (QED) is 0.540. The van der Waals surface area contributed by atoms with Gasteiger partial charge in [-0.2, -0.15) is 0 Å². The fourth-order valence-corrected chi connectivity index (χ4v) is 1.53. The fourth-order valence-electron chi connectivity index (χ4n) is 1.53. The van der Waals surface area contributed by atoms with Crippen molar-refractivity contribution in [2.24, 2.45) is 0 Å². The van der Waals surface area contributed by atoms with Crippen molar-refractivity contribution in [3.8, 4) is 0 Å². The van der Waals surface area contributed by atoms with Crippen LogP contribution < -0.4 is 0 Å². The lowest BCUT2D eigenvalue weighted by Crippen LogP contribution is -2.20. The molecule has 10 heavy (non-hydrogen) atoms. The van der Waals surface area contributed by atoms with Crippen LogP contribution in [0.4, 0.5) is 0 Å².